The van der Waals surface area contributed by atoms with Crippen LogP contribution in [-0.4, -0.2) is 26.4 Å². The molecular weight excluding hydrogens is 214 g/mol. The van der Waals surface area contributed by atoms with Crippen molar-refractivity contribution >= 4 is 13.4 Å². The Kier molecular flexibility index (Phi) is 4.68. The number of hydrogen-bond donors (Lipinski definition) is 0. The van der Waals surface area contributed by atoms with E-state index in [1.165, 1.54) is 5.32 Å². The van der Waals surface area contributed by atoms with Crippen LogP contribution in [0.5, 0.6) is 0 Å². The van der Waals surface area contributed by atoms with Gasteiger partial charge in [-0.1, -0.05) is 33.8 Å². The molecule has 0 aliphatic heterocycles. The van der Waals surface area contributed by atoms with Gasteiger partial charge in [0, 0.05) is 24.9 Å². The first-order chi connectivity index (χ1) is 7.55. The van der Waals surface area contributed by atoms with E-state index in [2.05, 4.69) is 44.8 Å². The standard InChI is InChI=1S/C13H23NOSi/c1-11(2)16(10-15-5,12(3)4)13-8-6-7-9-14-13/h6-9,11-12H,10H2,1-5H3. The monoisotopic (exact) mass is 237 g/mol. The molecule has 3 heteroatoms. The number of pyridine rings is 1. The molecule has 1 aromatic rings. The molecule has 1 heterocycles. The Labute approximate surface area is 100 Å². The number of rotatable bonds is 5. The van der Waals surface area contributed by atoms with Crippen molar-refractivity contribution in [1.82, 2.24) is 4.98 Å². The third-order valence-electron chi connectivity index (χ3n) is 3.59. The van der Waals surface area contributed by atoms with Crippen molar-refractivity contribution in [2.75, 3.05) is 13.3 Å². The predicted octanol–water partition coefficient (Wildman–Crippen LogP) is 2.74. The van der Waals surface area contributed by atoms with Crippen LogP contribution in [0.4, 0.5) is 0 Å². The average molecular weight is 237 g/mol. The van der Waals surface area contributed by atoms with Crippen molar-refractivity contribution in [2.24, 2.45) is 0 Å². The highest BCUT2D eigenvalue weighted by Crippen LogP contribution is 2.31. The van der Waals surface area contributed by atoms with Crippen LogP contribution in [0.3, 0.4) is 0 Å². The molecule has 1 rings (SSSR count). The largest absolute Gasteiger partial charge is 0.387 e. The predicted molar refractivity (Wildman–Crippen MR) is 71.7 cm³/mol. The van der Waals surface area contributed by atoms with Crippen molar-refractivity contribution < 1.29 is 4.74 Å². The number of ether oxygens (including phenoxy) is 1. The van der Waals surface area contributed by atoms with Crippen LogP contribution in [0.25, 0.3) is 0 Å². The van der Waals surface area contributed by atoms with Gasteiger partial charge in [0.25, 0.3) is 0 Å². The fourth-order valence-electron chi connectivity index (χ4n) is 2.54. The lowest BCUT2D eigenvalue weighted by molar-refractivity contribution is 0.243. The molecule has 0 saturated carbocycles. The van der Waals surface area contributed by atoms with E-state index in [-0.39, 0.29) is 0 Å². The number of nitrogens with zero attached hydrogens (tertiary/aromatic N) is 1. The van der Waals surface area contributed by atoms with Crippen LogP contribution < -0.4 is 5.32 Å². The zero-order valence-electron chi connectivity index (χ0n) is 11.0. The smallest absolute Gasteiger partial charge is 0.143 e. The highest BCUT2D eigenvalue weighted by Gasteiger charge is 2.43. The number of aromatic nitrogens is 1. The molecule has 0 N–H and O–H groups in total. The molecule has 2 nitrogen and oxygen atoms in total. The Morgan fingerprint density at radius 1 is 1.19 bits per heavy atom. The van der Waals surface area contributed by atoms with E-state index >= 15 is 0 Å². The second kappa shape index (κ2) is 5.59. The summed E-state index contributed by atoms with van der Waals surface area (Å²) in [6, 6.07) is 6.24. The molecule has 0 atom stereocenters. The molecule has 0 aromatic carbocycles. The Hall–Kier alpha value is -0.673. The molecule has 1 aromatic heterocycles. The van der Waals surface area contributed by atoms with Crippen LogP contribution in [0.1, 0.15) is 27.7 Å². The van der Waals surface area contributed by atoms with Gasteiger partial charge in [-0.2, -0.15) is 0 Å². The molecule has 0 spiro atoms. The van der Waals surface area contributed by atoms with E-state index in [0.29, 0.717) is 11.1 Å². The van der Waals surface area contributed by atoms with Gasteiger partial charge >= 0.3 is 0 Å². The minimum absolute atomic E-state index is 0.641. The van der Waals surface area contributed by atoms with Gasteiger partial charge in [-0.05, 0) is 23.2 Å². The maximum absolute atomic E-state index is 5.51. The first kappa shape index (κ1) is 13.4. The van der Waals surface area contributed by atoms with E-state index in [4.69, 9.17) is 4.74 Å². The average Bonchev–Trinajstić information content (AvgIpc) is 2.26. The topological polar surface area (TPSA) is 22.1 Å². The minimum Gasteiger partial charge on any atom is -0.387 e. The molecule has 0 aliphatic carbocycles. The highest BCUT2D eigenvalue weighted by molar-refractivity contribution is 6.93. The maximum atomic E-state index is 5.51. The van der Waals surface area contributed by atoms with Gasteiger partial charge in [-0.25, -0.2) is 0 Å². The van der Waals surface area contributed by atoms with Crippen LogP contribution in [0.15, 0.2) is 24.4 Å². The number of methoxy groups -OCH3 is 1. The molecule has 0 fully saturated rings. The van der Waals surface area contributed by atoms with Gasteiger partial charge in [0.15, 0.2) is 0 Å². The summed E-state index contributed by atoms with van der Waals surface area (Å²) in [5, 5.41) is 1.28. The van der Waals surface area contributed by atoms with E-state index in [0.717, 1.165) is 6.23 Å². The summed E-state index contributed by atoms with van der Waals surface area (Å²) in [6.45, 7) is 9.22. The van der Waals surface area contributed by atoms with Crippen molar-refractivity contribution in [3.63, 3.8) is 0 Å². The van der Waals surface area contributed by atoms with Gasteiger partial charge < -0.3 is 4.74 Å². The Balaban J connectivity index is 3.21. The lowest BCUT2D eigenvalue weighted by Gasteiger charge is -2.37. The molecule has 0 saturated heterocycles. The number of hydrogen-bond acceptors (Lipinski definition) is 2. The molecule has 0 aliphatic rings. The van der Waals surface area contributed by atoms with Crippen LogP contribution in [0.2, 0.25) is 11.1 Å². The van der Waals surface area contributed by atoms with Crippen molar-refractivity contribution in [2.45, 2.75) is 38.8 Å². The van der Waals surface area contributed by atoms with Crippen molar-refractivity contribution in [1.29, 1.82) is 0 Å². The minimum atomic E-state index is -1.66. The quantitative estimate of drug-likeness (QED) is 0.735. The summed E-state index contributed by atoms with van der Waals surface area (Å²) < 4.78 is 5.51. The summed E-state index contributed by atoms with van der Waals surface area (Å²) in [6.07, 6.45) is 2.76. The third-order valence-corrected chi connectivity index (χ3v) is 9.72. The Morgan fingerprint density at radius 2 is 1.81 bits per heavy atom. The summed E-state index contributed by atoms with van der Waals surface area (Å²) in [5.74, 6) is 0. The van der Waals surface area contributed by atoms with Gasteiger partial charge in [-0.15, -0.1) is 0 Å². The fraction of sp³-hybridized carbons (Fsp3) is 0.615. The lowest BCUT2D eigenvalue weighted by Crippen LogP contribution is -2.58. The van der Waals surface area contributed by atoms with Crippen molar-refractivity contribution in [3.8, 4) is 0 Å². The molecule has 0 unspecified atom stereocenters. The second-order valence-electron chi connectivity index (χ2n) is 5.00. The van der Waals surface area contributed by atoms with E-state index < -0.39 is 8.07 Å². The molecule has 0 bridgehead atoms. The highest BCUT2D eigenvalue weighted by atomic mass is 28.3. The molecule has 0 amide bonds. The van der Waals surface area contributed by atoms with Gasteiger partial charge in [-0.3, -0.25) is 4.98 Å². The fourth-order valence-corrected chi connectivity index (χ4v) is 7.07. The zero-order chi connectivity index (χ0) is 12.2. The van der Waals surface area contributed by atoms with Crippen LogP contribution in [-0.2, 0) is 4.74 Å². The normalized spacial score (nSPS) is 12.4. The summed E-state index contributed by atoms with van der Waals surface area (Å²) >= 11 is 0. The molecule has 16 heavy (non-hydrogen) atoms. The maximum Gasteiger partial charge on any atom is 0.143 e. The first-order valence-electron chi connectivity index (χ1n) is 5.96. The Bertz CT molecular complexity index is 303. The zero-order valence-corrected chi connectivity index (χ0v) is 12.0. The lowest BCUT2D eigenvalue weighted by atomic mass is 10.5. The molecular formula is C13H23NOSi. The molecule has 90 valence electrons. The van der Waals surface area contributed by atoms with E-state index in [1.807, 2.05) is 12.3 Å². The molecule has 0 radical (unpaired) electrons. The van der Waals surface area contributed by atoms with Gasteiger partial charge in [0.05, 0.1) is 0 Å². The summed E-state index contributed by atoms with van der Waals surface area (Å²) in [7, 11) is 0.141. The second-order valence-corrected chi connectivity index (χ2v) is 10.2. The van der Waals surface area contributed by atoms with Crippen LogP contribution in [0, 0.1) is 0 Å². The first-order valence-corrected chi connectivity index (χ1v) is 8.32. The van der Waals surface area contributed by atoms with Crippen LogP contribution >= 0.6 is 0 Å². The van der Waals surface area contributed by atoms with E-state index in [9.17, 15) is 0 Å². The SMILES string of the molecule is COC[Si](c1ccccn1)(C(C)C)C(C)C. The summed E-state index contributed by atoms with van der Waals surface area (Å²) in [5.41, 5.74) is 1.28. The van der Waals surface area contributed by atoms with Gasteiger partial charge in [0.2, 0.25) is 0 Å². The third kappa shape index (κ3) is 2.35. The Morgan fingerprint density at radius 3 is 2.19 bits per heavy atom. The van der Waals surface area contributed by atoms with E-state index in [1.54, 1.807) is 7.11 Å². The summed E-state index contributed by atoms with van der Waals surface area (Å²) in [4.78, 5) is 4.59. The van der Waals surface area contributed by atoms with Crippen molar-refractivity contribution in [3.05, 3.63) is 24.4 Å². The van der Waals surface area contributed by atoms with Gasteiger partial charge in [0.1, 0.15) is 8.07 Å².